The van der Waals surface area contributed by atoms with Gasteiger partial charge in [-0.15, -0.1) is 0 Å². The number of hydrogen-bond donors (Lipinski definition) is 2. The van der Waals surface area contributed by atoms with Crippen molar-refractivity contribution in [3.8, 4) is 0 Å². The molecule has 0 saturated carbocycles. The van der Waals surface area contributed by atoms with E-state index >= 15 is 0 Å². The molecule has 17 heavy (non-hydrogen) atoms. The summed E-state index contributed by atoms with van der Waals surface area (Å²) < 4.78 is 5.33. The molecule has 0 spiro atoms. The van der Waals surface area contributed by atoms with Crippen LogP contribution in [0.4, 0.5) is 0 Å². The van der Waals surface area contributed by atoms with E-state index in [-0.39, 0.29) is 12.0 Å². The predicted molar refractivity (Wildman–Crippen MR) is 67.4 cm³/mol. The van der Waals surface area contributed by atoms with E-state index < -0.39 is 0 Å². The highest BCUT2D eigenvalue weighted by atomic mass is 16.5. The van der Waals surface area contributed by atoms with Crippen molar-refractivity contribution in [3.05, 3.63) is 35.9 Å². The van der Waals surface area contributed by atoms with Gasteiger partial charge in [-0.05, 0) is 12.5 Å². The molecule has 0 aliphatic heterocycles. The Morgan fingerprint density at radius 3 is 2.71 bits per heavy atom. The quantitative estimate of drug-likeness (QED) is 0.744. The normalized spacial score (nSPS) is 12.1. The highest BCUT2D eigenvalue weighted by Crippen LogP contribution is 2.00. The second kappa shape index (κ2) is 7.81. The molecule has 4 nitrogen and oxygen atoms in total. The van der Waals surface area contributed by atoms with Crippen LogP contribution in [0.5, 0.6) is 0 Å². The van der Waals surface area contributed by atoms with Crippen LogP contribution in [0.1, 0.15) is 18.9 Å². The number of ether oxygens (including phenoxy) is 1. The minimum absolute atomic E-state index is 0.0299. The number of carbonyl (C=O) groups excluding carboxylic acids is 1. The molecule has 0 radical (unpaired) electrons. The Kier molecular flexibility index (Phi) is 6.29. The fourth-order valence-electron chi connectivity index (χ4n) is 1.52. The van der Waals surface area contributed by atoms with Crippen LogP contribution in [-0.4, -0.2) is 25.2 Å². The summed E-state index contributed by atoms with van der Waals surface area (Å²) in [7, 11) is 0. The smallest absolute Gasteiger partial charge is 0.222 e. The second-order valence-electron chi connectivity index (χ2n) is 3.78. The molecule has 0 saturated heterocycles. The van der Waals surface area contributed by atoms with Crippen LogP contribution in [0.25, 0.3) is 0 Å². The molecule has 0 aromatic heterocycles. The molecule has 3 N–H and O–H groups in total. The third-order valence-electron chi connectivity index (χ3n) is 2.41. The number of nitrogens with one attached hydrogen (secondary N) is 1. The molecule has 1 amide bonds. The first kappa shape index (κ1) is 13.7. The van der Waals surface area contributed by atoms with Gasteiger partial charge in [-0.25, -0.2) is 0 Å². The summed E-state index contributed by atoms with van der Waals surface area (Å²) in [6.45, 7) is 3.38. The van der Waals surface area contributed by atoms with E-state index in [1.807, 2.05) is 37.3 Å². The third-order valence-corrected chi connectivity index (χ3v) is 2.41. The van der Waals surface area contributed by atoms with Gasteiger partial charge in [0.2, 0.25) is 5.91 Å². The SMILES string of the molecule is CCOC(CN)CC(=O)NCc1ccccc1. The van der Waals surface area contributed by atoms with Crippen molar-refractivity contribution in [1.82, 2.24) is 5.32 Å². The first-order valence-electron chi connectivity index (χ1n) is 5.88. The highest BCUT2D eigenvalue weighted by Gasteiger charge is 2.11. The number of rotatable bonds is 7. The molecule has 0 aliphatic carbocycles. The maximum atomic E-state index is 11.6. The van der Waals surface area contributed by atoms with Crippen molar-refractivity contribution < 1.29 is 9.53 Å². The minimum Gasteiger partial charge on any atom is -0.377 e. The largest absolute Gasteiger partial charge is 0.377 e. The summed E-state index contributed by atoms with van der Waals surface area (Å²) in [4.78, 5) is 11.6. The first-order valence-corrected chi connectivity index (χ1v) is 5.88. The van der Waals surface area contributed by atoms with Crippen LogP contribution in [0, 0.1) is 0 Å². The molecule has 1 rings (SSSR count). The van der Waals surface area contributed by atoms with Crippen molar-refractivity contribution >= 4 is 5.91 Å². The zero-order valence-corrected chi connectivity index (χ0v) is 10.2. The van der Waals surface area contributed by atoms with Gasteiger partial charge in [0.15, 0.2) is 0 Å². The number of amides is 1. The summed E-state index contributed by atoms with van der Waals surface area (Å²) in [5, 5.41) is 2.85. The van der Waals surface area contributed by atoms with Crippen LogP contribution in [0.2, 0.25) is 0 Å². The van der Waals surface area contributed by atoms with Gasteiger partial charge in [-0.3, -0.25) is 4.79 Å². The van der Waals surface area contributed by atoms with Gasteiger partial charge in [-0.1, -0.05) is 30.3 Å². The summed E-state index contributed by atoms with van der Waals surface area (Å²) in [6.07, 6.45) is 0.132. The standard InChI is InChI=1S/C13H20N2O2/c1-2-17-12(9-14)8-13(16)15-10-11-6-4-3-5-7-11/h3-7,12H,2,8-10,14H2,1H3,(H,15,16). The van der Waals surface area contributed by atoms with E-state index in [0.717, 1.165) is 5.56 Å². The van der Waals surface area contributed by atoms with Crippen LogP contribution in [0.3, 0.4) is 0 Å². The number of hydrogen-bond acceptors (Lipinski definition) is 3. The molecule has 1 unspecified atom stereocenters. The monoisotopic (exact) mass is 236 g/mol. The van der Waals surface area contributed by atoms with E-state index in [0.29, 0.717) is 26.1 Å². The average Bonchev–Trinajstić information content (AvgIpc) is 2.37. The Balaban J connectivity index is 2.30. The fraction of sp³-hybridized carbons (Fsp3) is 0.462. The average molecular weight is 236 g/mol. The molecule has 0 aliphatic rings. The lowest BCUT2D eigenvalue weighted by molar-refractivity contribution is -0.123. The highest BCUT2D eigenvalue weighted by molar-refractivity contribution is 5.76. The van der Waals surface area contributed by atoms with E-state index in [4.69, 9.17) is 10.5 Å². The topological polar surface area (TPSA) is 64.3 Å². The van der Waals surface area contributed by atoms with Crippen molar-refractivity contribution in [1.29, 1.82) is 0 Å². The molecule has 4 heteroatoms. The molecule has 0 heterocycles. The van der Waals surface area contributed by atoms with Gasteiger partial charge in [0.1, 0.15) is 0 Å². The van der Waals surface area contributed by atoms with Crippen molar-refractivity contribution in [2.45, 2.75) is 26.0 Å². The van der Waals surface area contributed by atoms with E-state index in [1.54, 1.807) is 0 Å². The van der Waals surface area contributed by atoms with Gasteiger partial charge in [0, 0.05) is 19.7 Å². The van der Waals surface area contributed by atoms with Crippen LogP contribution in [-0.2, 0) is 16.1 Å². The maximum absolute atomic E-state index is 11.6. The Labute approximate surface area is 102 Å². The zero-order valence-electron chi connectivity index (χ0n) is 10.2. The van der Waals surface area contributed by atoms with Crippen LogP contribution >= 0.6 is 0 Å². The summed E-state index contributed by atoms with van der Waals surface area (Å²) in [5.41, 5.74) is 6.59. The third kappa shape index (κ3) is 5.47. The lowest BCUT2D eigenvalue weighted by atomic mass is 10.2. The Morgan fingerprint density at radius 2 is 2.12 bits per heavy atom. The van der Waals surface area contributed by atoms with E-state index in [2.05, 4.69) is 5.32 Å². The molecular formula is C13H20N2O2. The molecule has 0 bridgehead atoms. The van der Waals surface area contributed by atoms with Gasteiger partial charge < -0.3 is 15.8 Å². The summed E-state index contributed by atoms with van der Waals surface area (Å²) in [6, 6.07) is 9.80. The molecule has 1 atom stereocenters. The summed E-state index contributed by atoms with van der Waals surface area (Å²) in [5.74, 6) is -0.0299. The summed E-state index contributed by atoms with van der Waals surface area (Å²) >= 11 is 0. The maximum Gasteiger partial charge on any atom is 0.222 e. The Morgan fingerprint density at radius 1 is 1.41 bits per heavy atom. The minimum atomic E-state index is -0.184. The number of nitrogens with two attached hydrogens (primary N) is 1. The Hall–Kier alpha value is -1.39. The van der Waals surface area contributed by atoms with Crippen molar-refractivity contribution in [2.75, 3.05) is 13.2 Å². The van der Waals surface area contributed by atoms with Gasteiger partial charge in [-0.2, -0.15) is 0 Å². The zero-order chi connectivity index (χ0) is 12.5. The van der Waals surface area contributed by atoms with Gasteiger partial charge in [0.05, 0.1) is 12.5 Å². The van der Waals surface area contributed by atoms with Crippen LogP contribution in [0.15, 0.2) is 30.3 Å². The molecule has 94 valence electrons. The molecular weight excluding hydrogens is 216 g/mol. The molecule has 1 aromatic rings. The Bertz CT molecular complexity index is 327. The molecule has 1 aromatic carbocycles. The van der Waals surface area contributed by atoms with E-state index in [1.165, 1.54) is 0 Å². The van der Waals surface area contributed by atoms with Crippen molar-refractivity contribution in [2.24, 2.45) is 5.73 Å². The predicted octanol–water partition coefficient (Wildman–Crippen LogP) is 1.06. The van der Waals surface area contributed by atoms with Gasteiger partial charge >= 0.3 is 0 Å². The van der Waals surface area contributed by atoms with Crippen LogP contribution < -0.4 is 11.1 Å². The first-order chi connectivity index (χ1) is 8.26. The second-order valence-corrected chi connectivity index (χ2v) is 3.78. The lowest BCUT2D eigenvalue weighted by Crippen LogP contribution is -2.32. The van der Waals surface area contributed by atoms with Crippen molar-refractivity contribution in [3.63, 3.8) is 0 Å². The molecule has 0 fully saturated rings. The number of benzene rings is 1. The fourth-order valence-corrected chi connectivity index (χ4v) is 1.52. The lowest BCUT2D eigenvalue weighted by Gasteiger charge is -2.14. The number of carbonyl (C=O) groups is 1. The van der Waals surface area contributed by atoms with E-state index in [9.17, 15) is 4.79 Å². The van der Waals surface area contributed by atoms with Gasteiger partial charge in [0.25, 0.3) is 0 Å².